The van der Waals surface area contributed by atoms with Gasteiger partial charge in [-0.3, -0.25) is 19.2 Å². The summed E-state index contributed by atoms with van der Waals surface area (Å²) in [4.78, 5) is 52.3. The lowest BCUT2D eigenvalue weighted by atomic mass is 9.96. The van der Waals surface area contributed by atoms with Crippen LogP contribution in [0.1, 0.15) is 59.0 Å². The Labute approximate surface area is 168 Å². The summed E-state index contributed by atoms with van der Waals surface area (Å²) in [5.74, 6) is -4.09. The lowest BCUT2D eigenvalue weighted by Gasteiger charge is -2.19. The molecule has 0 radical (unpaired) electrons. The summed E-state index contributed by atoms with van der Waals surface area (Å²) in [6, 6.07) is 14.0. The molecule has 0 aliphatic heterocycles. The Morgan fingerprint density at radius 2 is 1.55 bits per heavy atom. The maximum atomic E-state index is 12.5. The first-order chi connectivity index (χ1) is 13.5. The molecule has 2 rings (SSSR count). The molecule has 2 aromatic carbocycles. The first-order valence-corrected chi connectivity index (χ1v) is 9.01. The van der Waals surface area contributed by atoms with Crippen molar-refractivity contribution >= 4 is 23.4 Å². The third-order valence-electron chi connectivity index (χ3n) is 3.84. The maximum absolute atomic E-state index is 12.5. The summed E-state index contributed by atoms with van der Waals surface area (Å²) < 4.78 is 0. The van der Waals surface area contributed by atoms with Crippen LogP contribution in [0.4, 0.5) is 0 Å². The number of carboxylic acids is 1. The second-order valence-corrected chi connectivity index (χ2v) is 7.55. The minimum Gasteiger partial charge on any atom is -0.475 e. The van der Waals surface area contributed by atoms with Gasteiger partial charge in [-0.1, -0.05) is 30.3 Å². The normalized spacial score (nSPS) is 11.0. The van der Waals surface area contributed by atoms with Crippen LogP contribution in [0.5, 0.6) is 0 Å². The molecule has 0 aliphatic rings. The molecular weight excluding hydrogens is 374 g/mol. The highest BCUT2D eigenvalue weighted by Gasteiger charge is 2.20. The highest BCUT2D eigenvalue weighted by molar-refractivity contribution is 6.37. The van der Waals surface area contributed by atoms with Crippen molar-refractivity contribution in [3.05, 3.63) is 70.8 Å². The Bertz CT molecular complexity index is 928. The van der Waals surface area contributed by atoms with Crippen molar-refractivity contribution in [2.24, 2.45) is 0 Å². The molecule has 7 nitrogen and oxygen atoms in total. The van der Waals surface area contributed by atoms with Crippen LogP contribution >= 0.6 is 0 Å². The number of benzene rings is 2. The first-order valence-electron chi connectivity index (χ1n) is 9.01. The summed E-state index contributed by atoms with van der Waals surface area (Å²) >= 11 is 0. The highest BCUT2D eigenvalue weighted by Crippen LogP contribution is 2.17. The number of amides is 1. The van der Waals surface area contributed by atoms with E-state index in [0.29, 0.717) is 12.0 Å². The van der Waals surface area contributed by atoms with Crippen LogP contribution in [-0.4, -0.2) is 34.2 Å². The third kappa shape index (κ3) is 6.97. The predicted molar refractivity (Wildman–Crippen MR) is 106 cm³/mol. The lowest BCUT2D eigenvalue weighted by Crippen LogP contribution is -2.33. The number of hydrogen-bond acceptors (Lipinski definition) is 5. The van der Waals surface area contributed by atoms with Crippen LogP contribution in [0.3, 0.4) is 0 Å². The van der Waals surface area contributed by atoms with Gasteiger partial charge < -0.3 is 5.11 Å². The third-order valence-corrected chi connectivity index (χ3v) is 3.84. The number of Topliss-reactive ketones (excluding diaryl/α,β-unsaturated/α-hetero) is 2. The second kappa shape index (κ2) is 9.25. The zero-order chi connectivity index (χ0) is 21.6. The molecule has 0 heterocycles. The number of hydrogen-bond donors (Lipinski definition) is 2. The van der Waals surface area contributed by atoms with Gasteiger partial charge in [-0.2, -0.15) is 0 Å². The SMILES string of the molecule is CC(C)(C)ONC(=O)c1cc(Cc2ccccc2)cc(C(=O)CC(=O)C(=O)O)c1. The van der Waals surface area contributed by atoms with Crippen LogP contribution in [-0.2, 0) is 20.8 Å². The summed E-state index contributed by atoms with van der Waals surface area (Å²) in [5.41, 5.74) is 3.64. The van der Waals surface area contributed by atoms with Crippen LogP contribution in [0.25, 0.3) is 0 Å². The van der Waals surface area contributed by atoms with Crippen LogP contribution in [0, 0.1) is 0 Å². The average Bonchev–Trinajstić information content (AvgIpc) is 2.65. The van der Waals surface area contributed by atoms with E-state index < -0.39 is 35.5 Å². The molecular formula is C22H23NO6. The van der Waals surface area contributed by atoms with E-state index in [9.17, 15) is 19.2 Å². The molecule has 0 fully saturated rings. The number of carbonyl (C=O) groups excluding carboxylic acids is 3. The van der Waals surface area contributed by atoms with Crippen LogP contribution in [0.15, 0.2) is 48.5 Å². The number of aliphatic carboxylic acids is 1. The monoisotopic (exact) mass is 397 g/mol. The molecule has 0 aromatic heterocycles. The van der Waals surface area contributed by atoms with Crippen molar-refractivity contribution in [2.75, 3.05) is 0 Å². The maximum Gasteiger partial charge on any atom is 0.372 e. The molecule has 2 N–H and O–H groups in total. The van der Waals surface area contributed by atoms with E-state index in [1.807, 2.05) is 30.3 Å². The molecule has 7 heteroatoms. The largest absolute Gasteiger partial charge is 0.475 e. The van der Waals surface area contributed by atoms with E-state index in [1.54, 1.807) is 32.9 Å². The van der Waals surface area contributed by atoms with E-state index in [0.717, 1.165) is 5.56 Å². The molecule has 29 heavy (non-hydrogen) atoms. The molecule has 0 saturated heterocycles. The average molecular weight is 397 g/mol. The van der Waals surface area contributed by atoms with E-state index in [2.05, 4.69) is 5.48 Å². The minimum atomic E-state index is -1.67. The number of ketones is 2. The zero-order valence-corrected chi connectivity index (χ0v) is 16.5. The van der Waals surface area contributed by atoms with Gasteiger partial charge in [-0.15, -0.1) is 0 Å². The zero-order valence-electron chi connectivity index (χ0n) is 16.5. The quantitative estimate of drug-likeness (QED) is 0.307. The van der Waals surface area contributed by atoms with Crippen molar-refractivity contribution in [1.82, 2.24) is 5.48 Å². The number of nitrogens with one attached hydrogen (secondary N) is 1. The van der Waals surface area contributed by atoms with Gasteiger partial charge in [-0.25, -0.2) is 10.3 Å². The van der Waals surface area contributed by atoms with E-state index in [4.69, 9.17) is 9.94 Å². The van der Waals surface area contributed by atoms with Gasteiger partial charge in [0.05, 0.1) is 12.0 Å². The van der Waals surface area contributed by atoms with Gasteiger partial charge in [0.25, 0.3) is 5.91 Å². The van der Waals surface area contributed by atoms with Gasteiger partial charge in [0.1, 0.15) is 0 Å². The van der Waals surface area contributed by atoms with Gasteiger partial charge >= 0.3 is 5.97 Å². The smallest absolute Gasteiger partial charge is 0.372 e. The summed E-state index contributed by atoms with van der Waals surface area (Å²) in [7, 11) is 0. The molecule has 152 valence electrons. The molecule has 0 aliphatic carbocycles. The topological polar surface area (TPSA) is 110 Å². The van der Waals surface area contributed by atoms with Gasteiger partial charge in [0.2, 0.25) is 5.78 Å². The summed E-state index contributed by atoms with van der Waals surface area (Å²) in [6.45, 7) is 5.31. The molecule has 0 spiro atoms. The summed E-state index contributed by atoms with van der Waals surface area (Å²) in [6.07, 6.45) is -0.321. The van der Waals surface area contributed by atoms with Crippen molar-refractivity contribution in [3.8, 4) is 0 Å². The molecule has 0 saturated carbocycles. The molecule has 0 bridgehead atoms. The first kappa shape index (κ1) is 22.0. The van der Waals surface area contributed by atoms with Crippen molar-refractivity contribution in [3.63, 3.8) is 0 Å². The second-order valence-electron chi connectivity index (χ2n) is 7.55. The lowest BCUT2D eigenvalue weighted by molar-refractivity contribution is -0.148. The Morgan fingerprint density at radius 3 is 2.14 bits per heavy atom. The molecule has 0 unspecified atom stereocenters. The van der Waals surface area contributed by atoms with Gasteiger partial charge in [0, 0.05) is 11.1 Å². The van der Waals surface area contributed by atoms with E-state index >= 15 is 0 Å². The molecule has 0 atom stereocenters. The Kier molecular flexibility index (Phi) is 7.01. The van der Waals surface area contributed by atoms with Crippen molar-refractivity contribution < 1.29 is 29.1 Å². The van der Waals surface area contributed by atoms with Crippen LogP contribution in [0.2, 0.25) is 0 Å². The van der Waals surface area contributed by atoms with Crippen LogP contribution < -0.4 is 5.48 Å². The fourth-order valence-corrected chi connectivity index (χ4v) is 2.50. The van der Waals surface area contributed by atoms with Crippen molar-refractivity contribution in [1.29, 1.82) is 0 Å². The molecule has 1 amide bonds. The fraction of sp³-hybridized carbons (Fsp3) is 0.273. The predicted octanol–water partition coefficient (Wildman–Crippen LogP) is 2.96. The Morgan fingerprint density at radius 1 is 0.931 bits per heavy atom. The number of hydroxylamine groups is 1. The van der Waals surface area contributed by atoms with E-state index in [1.165, 1.54) is 6.07 Å². The number of carboxylic acid groups (broad SMARTS) is 1. The minimum absolute atomic E-state index is 0.0916. The Hall–Kier alpha value is -3.32. The number of rotatable bonds is 8. The van der Waals surface area contributed by atoms with Crippen molar-refractivity contribution in [2.45, 2.75) is 39.2 Å². The standard InChI is InChI=1S/C22H23NO6/c1-22(2,3)29-23-20(26)17-11-15(9-14-7-5-4-6-8-14)10-16(12-17)18(24)13-19(25)21(27)28/h4-8,10-12H,9,13H2,1-3H3,(H,23,26)(H,27,28). The summed E-state index contributed by atoms with van der Waals surface area (Å²) in [5, 5.41) is 8.73. The van der Waals surface area contributed by atoms with E-state index in [-0.39, 0.29) is 11.1 Å². The molecule has 2 aromatic rings. The Balaban J connectivity index is 2.34. The number of carbonyl (C=O) groups is 4. The fourth-order valence-electron chi connectivity index (χ4n) is 2.50. The highest BCUT2D eigenvalue weighted by atomic mass is 16.7. The van der Waals surface area contributed by atoms with Gasteiger partial charge in [-0.05, 0) is 56.5 Å². The van der Waals surface area contributed by atoms with Gasteiger partial charge in [0.15, 0.2) is 5.78 Å².